The van der Waals surface area contributed by atoms with Crippen molar-refractivity contribution in [3.8, 4) is 0 Å². The topological polar surface area (TPSA) is 54.5 Å². The van der Waals surface area contributed by atoms with Crippen molar-refractivity contribution in [2.24, 2.45) is 16.6 Å². The summed E-state index contributed by atoms with van der Waals surface area (Å²) in [5.74, 6) is 1.40. The Morgan fingerprint density at radius 2 is 2.19 bits per heavy atom. The number of hydrogen-bond donors (Lipinski definition) is 1. The summed E-state index contributed by atoms with van der Waals surface area (Å²) in [4.78, 5) is 11.5. The molecule has 0 spiro atoms. The smallest absolute Gasteiger partial charge is 0.191 e. The van der Waals surface area contributed by atoms with E-state index in [4.69, 9.17) is 10.7 Å². The van der Waals surface area contributed by atoms with Crippen molar-refractivity contribution in [3.63, 3.8) is 0 Å². The molecular formula is C17H26N4. The van der Waals surface area contributed by atoms with Gasteiger partial charge in [-0.15, -0.1) is 0 Å². The van der Waals surface area contributed by atoms with E-state index in [1.165, 1.54) is 43.4 Å². The number of piperidine rings is 1. The van der Waals surface area contributed by atoms with Gasteiger partial charge in [-0.05, 0) is 56.1 Å². The van der Waals surface area contributed by atoms with E-state index in [1.807, 2.05) is 0 Å². The Hall–Kier alpha value is -1.58. The minimum atomic E-state index is 0.601. The molecule has 0 saturated carbocycles. The van der Waals surface area contributed by atoms with Gasteiger partial charge in [0.1, 0.15) is 0 Å². The van der Waals surface area contributed by atoms with Crippen molar-refractivity contribution in [2.75, 3.05) is 13.1 Å². The molecule has 1 aliphatic heterocycles. The summed E-state index contributed by atoms with van der Waals surface area (Å²) < 4.78 is 0. The van der Waals surface area contributed by atoms with Crippen molar-refractivity contribution in [1.29, 1.82) is 0 Å². The van der Waals surface area contributed by atoms with Gasteiger partial charge in [-0.2, -0.15) is 0 Å². The minimum absolute atomic E-state index is 0.601. The Bertz CT molecular complexity index is 524. The predicted octanol–water partition coefficient (Wildman–Crippen LogP) is 2.51. The second-order valence-corrected chi connectivity index (χ2v) is 6.48. The first-order chi connectivity index (χ1) is 10.2. The first-order valence-electron chi connectivity index (χ1n) is 8.25. The highest BCUT2D eigenvalue weighted by molar-refractivity contribution is 5.78. The molecule has 1 aromatic heterocycles. The maximum atomic E-state index is 6.14. The minimum Gasteiger partial charge on any atom is -0.370 e. The van der Waals surface area contributed by atoms with Crippen LogP contribution in [0.3, 0.4) is 0 Å². The lowest BCUT2D eigenvalue weighted by Gasteiger charge is -2.31. The van der Waals surface area contributed by atoms with E-state index >= 15 is 0 Å². The zero-order chi connectivity index (χ0) is 14.7. The summed E-state index contributed by atoms with van der Waals surface area (Å²) in [7, 11) is 0. The Morgan fingerprint density at radius 1 is 1.33 bits per heavy atom. The van der Waals surface area contributed by atoms with Gasteiger partial charge in [0.25, 0.3) is 0 Å². The van der Waals surface area contributed by atoms with Gasteiger partial charge >= 0.3 is 0 Å². The number of aliphatic imine (C=N–C) groups is 1. The molecule has 2 aliphatic rings. The van der Waals surface area contributed by atoms with Crippen molar-refractivity contribution in [1.82, 2.24) is 9.88 Å². The first kappa shape index (κ1) is 14.4. The molecule has 2 N–H and O–H groups in total. The SMILES string of the molecule is CC1CCCN(C(N)=NCc2ccc3c(n2)CCCC3)C1. The van der Waals surface area contributed by atoms with Gasteiger partial charge in [-0.25, -0.2) is 4.99 Å². The van der Waals surface area contributed by atoms with Crippen molar-refractivity contribution in [3.05, 3.63) is 29.1 Å². The molecule has 4 nitrogen and oxygen atoms in total. The fourth-order valence-electron chi connectivity index (χ4n) is 3.37. The van der Waals surface area contributed by atoms with Gasteiger partial charge in [0.15, 0.2) is 5.96 Å². The molecule has 114 valence electrons. The van der Waals surface area contributed by atoms with Gasteiger partial charge < -0.3 is 10.6 Å². The summed E-state index contributed by atoms with van der Waals surface area (Å²) in [6.45, 7) is 4.96. The number of hydrogen-bond acceptors (Lipinski definition) is 2. The number of likely N-dealkylation sites (tertiary alicyclic amines) is 1. The van der Waals surface area contributed by atoms with E-state index in [9.17, 15) is 0 Å². The second-order valence-electron chi connectivity index (χ2n) is 6.48. The van der Waals surface area contributed by atoms with E-state index < -0.39 is 0 Å². The van der Waals surface area contributed by atoms with Gasteiger partial charge in [-0.3, -0.25) is 4.98 Å². The van der Waals surface area contributed by atoms with Gasteiger partial charge in [0.05, 0.1) is 12.2 Å². The van der Waals surface area contributed by atoms with Crippen LogP contribution in [0, 0.1) is 5.92 Å². The highest BCUT2D eigenvalue weighted by Crippen LogP contribution is 2.20. The highest BCUT2D eigenvalue weighted by atomic mass is 15.3. The molecule has 21 heavy (non-hydrogen) atoms. The quantitative estimate of drug-likeness (QED) is 0.671. The van der Waals surface area contributed by atoms with Crippen LogP contribution in [0.5, 0.6) is 0 Å². The van der Waals surface area contributed by atoms with E-state index in [0.717, 1.165) is 31.1 Å². The number of aryl methyl sites for hydroxylation is 2. The van der Waals surface area contributed by atoms with Gasteiger partial charge in [0.2, 0.25) is 0 Å². The molecule has 1 unspecified atom stereocenters. The summed E-state index contributed by atoms with van der Waals surface area (Å²) >= 11 is 0. The highest BCUT2D eigenvalue weighted by Gasteiger charge is 2.17. The third kappa shape index (κ3) is 3.55. The van der Waals surface area contributed by atoms with E-state index in [2.05, 4.69) is 28.9 Å². The molecule has 0 aromatic carbocycles. The van der Waals surface area contributed by atoms with Gasteiger partial charge in [-0.1, -0.05) is 13.0 Å². The molecule has 0 bridgehead atoms. The molecule has 0 radical (unpaired) electrons. The van der Waals surface area contributed by atoms with Crippen LogP contribution >= 0.6 is 0 Å². The summed E-state index contributed by atoms with van der Waals surface area (Å²) in [5, 5.41) is 0. The zero-order valence-electron chi connectivity index (χ0n) is 13.0. The Morgan fingerprint density at radius 3 is 3.05 bits per heavy atom. The number of guanidine groups is 1. The zero-order valence-corrected chi connectivity index (χ0v) is 13.0. The Balaban J connectivity index is 1.64. The maximum Gasteiger partial charge on any atom is 0.191 e. The molecule has 1 atom stereocenters. The standard InChI is InChI=1S/C17H26N4/c1-13-5-4-10-21(12-13)17(18)19-11-15-9-8-14-6-2-3-7-16(14)20-15/h8-9,13H,2-7,10-12H2,1H3,(H2,18,19). The lowest BCUT2D eigenvalue weighted by atomic mass is 9.96. The summed E-state index contributed by atoms with van der Waals surface area (Å²) in [6, 6.07) is 4.34. The number of aromatic nitrogens is 1. The normalized spacial score (nSPS) is 23.0. The molecule has 1 fully saturated rings. The van der Waals surface area contributed by atoms with Gasteiger partial charge in [0, 0.05) is 18.8 Å². The predicted molar refractivity (Wildman–Crippen MR) is 86.2 cm³/mol. The summed E-state index contributed by atoms with van der Waals surface area (Å²) in [6.07, 6.45) is 7.38. The Labute approximate surface area is 127 Å². The first-order valence-corrected chi connectivity index (χ1v) is 8.25. The van der Waals surface area contributed by atoms with Crippen molar-refractivity contribution >= 4 is 5.96 Å². The van der Waals surface area contributed by atoms with Crippen molar-refractivity contribution < 1.29 is 0 Å². The van der Waals surface area contributed by atoms with Crippen LogP contribution < -0.4 is 5.73 Å². The lowest BCUT2D eigenvalue weighted by molar-refractivity contribution is 0.270. The van der Waals surface area contributed by atoms with Crippen LogP contribution in [0.2, 0.25) is 0 Å². The van der Waals surface area contributed by atoms with Crippen molar-refractivity contribution in [2.45, 2.75) is 52.0 Å². The van der Waals surface area contributed by atoms with Crippen LogP contribution in [0.25, 0.3) is 0 Å². The monoisotopic (exact) mass is 286 g/mol. The number of nitrogens with two attached hydrogens (primary N) is 1. The average molecular weight is 286 g/mol. The molecular weight excluding hydrogens is 260 g/mol. The van der Waals surface area contributed by atoms with Crippen LogP contribution in [0.1, 0.15) is 49.6 Å². The second kappa shape index (κ2) is 6.46. The third-order valence-corrected chi connectivity index (χ3v) is 4.62. The molecule has 1 aromatic rings. The number of pyridine rings is 1. The average Bonchev–Trinajstić information content (AvgIpc) is 2.52. The van der Waals surface area contributed by atoms with Crippen LogP contribution in [-0.2, 0) is 19.4 Å². The Kier molecular flexibility index (Phi) is 4.42. The molecule has 1 aliphatic carbocycles. The van der Waals surface area contributed by atoms with Crippen LogP contribution in [0.4, 0.5) is 0 Å². The van der Waals surface area contributed by atoms with E-state index in [1.54, 1.807) is 0 Å². The lowest BCUT2D eigenvalue weighted by Crippen LogP contribution is -2.43. The maximum absolute atomic E-state index is 6.14. The van der Waals surface area contributed by atoms with E-state index in [0.29, 0.717) is 12.5 Å². The summed E-state index contributed by atoms with van der Waals surface area (Å²) in [5.41, 5.74) is 9.89. The molecule has 2 heterocycles. The third-order valence-electron chi connectivity index (χ3n) is 4.62. The van der Waals surface area contributed by atoms with Crippen LogP contribution in [0.15, 0.2) is 17.1 Å². The number of nitrogens with zero attached hydrogens (tertiary/aromatic N) is 3. The fraction of sp³-hybridized carbons (Fsp3) is 0.647. The molecule has 4 heteroatoms. The number of rotatable bonds is 2. The van der Waals surface area contributed by atoms with E-state index in [-0.39, 0.29) is 0 Å². The largest absolute Gasteiger partial charge is 0.370 e. The molecule has 3 rings (SSSR count). The fourth-order valence-corrected chi connectivity index (χ4v) is 3.37. The molecule has 1 saturated heterocycles. The van der Waals surface area contributed by atoms with Crippen LogP contribution in [-0.4, -0.2) is 28.9 Å². The molecule has 0 amide bonds. The number of fused-ring (bicyclic) bond motifs is 1.